The summed E-state index contributed by atoms with van der Waals surface area (Å²) in [6.45, 7) is 5.86. The number of nitrogens with one attached hydrogen (secondary N) is 3. The number of guanidine groups is 1. The van der Waals surface area contributed by atoms with Crippen LogP contribution in [0.3, 0.4) is 0 Å². The molecule has 1 aromatic carbocycles. The van der Waals surface area contributed by atoms with Crippen LogP contribution in [0.5, 0.6) is 5.75 Å². The maximum absolute atomic E-state index is 12.7. The number of nitrogens with zero attached hydrogens (tertiary/aromatic N) is 2. The summed E-state index contributed by atoms with van der Waals surface area (Å²) in [5.74, 6) is 0.820. The molecule has 0 radical (unpaired) electrons. The number of hydrogen-bond acceptors (Lipinski definition) is 4. The van der Waals surface area contributed by atoms with E-state index in [0.29, 0.717) is 37.8 Å². The van der Waals surface area contributed by atoms with Crippen molar-refractivity contribution in [2.75, 3.05) is 37.6 Å². The van der Waals surface area contributed by atoms with E-state index in [2.05, 4.69) is 25.7 Å². The minimum atomic E-state index is -2.85. The molecule has 1 atom stereocenters. The van der Waals surface area contributed by atoms with E-state index >= 15 is 0 Å². The maximum atomic E-state index is 12.7. The van der Waals surface area contributed by atoms with Crippen LogP contribution in [0.25, 0.3) is 0 Å². The number of carbonyl (C=O) groups excluding carboxylic acids is 1. The number of carbonyl (C=O) groups is 1. The molecule has 1 saturated heterocycles. The van der Waals surface area contributed by atoms with Crippen LogP contribution in [-0.2, 0) is 4.79 Å². The van der Waals surface area contributed by atoms with Gasteiger partial charge < -0.3 is 25.6 Å². The molecular formula is C20H32F2IN5O2. The average molecular weight is 539 g/mol. The Kier molecular flexibility index (Phi) is 11.7. The first-order valence-corrected chi connectivity index (χ1v) is 10.0. The third kappa shape index (κ3) is 8.49. The number of aliphatic imine (C=N–C) groups is 1. The van der Waals surface area contributed by atoms with Crippen molar-refractivity contribution in [3.63, 3.8) is 0 Å². The number of para-hydroxylation sites is 2. The van der Waals surface area contributed by atoms with Crippen molar-refractivity contribution < 1.29 is 18.3 Å². The third-order valence-electron chi connectivity index (χ3n) is 4.50. The average Bonchev–Trinajstić information content (AvgIpc) is 3.13. The highest BCUT2D eigenvalue weighted by Gasteiger charge is 2.26. The van der Waals surface area contributed by atoms with E-state index in [1.807, 2.05) is 31.7 Å². The van der Waals surface area contributed by atoms with Crippen molar-refractivity contribution in [1.82, 2.24) is 16.0 Å². The zero-order chi connectivity index (χ0) is 21.2. The van der Waals surface area contributed by atoms with Gasteiger partial charge in [-0.25, -0.2) is 0 Å². The quantitative estimate of drug-likeness (QED) is 0.195. The van der Waals surface area contributed by atoms with Crippen LogP contribution >= 0.6 is 24.0 Å². The summed E-state index contributed by atoms with van der Waals surface area (Å²) in [7, 11) is 0. The molecule has 3 N–H and O–H groups in total. The van der Waals surface area contributed by atoms with Crippen molar-refractivity contribution in [3.05, 3.63) is 24.3 Å². The Bertz CT molecular complexity index is 691. The molecule has 1 aromatic rings. The summed E-state index contributed by atoms with van der Waals surface area (Å²) < 4.78 is 30.0. The van der Waals surface area contributed by atoms with Gasteiger partial charge in [0.1, 0.15) is 5.75 Å². The van der Waals surface area contributed by atoms with Gasteiger partial charge in [0.15, 0.2) is 5.96 Å². The van der Waals surface area contributed by atoms with E-state index in [4.69, 9.17) is 0 Å². The lowest BCUT2D eigenvalue weighted by molar-refractivity contribution is -0.123. The zero-order valence-electron chi connectivity index (χ0n) is 17.7. The highest BCUT2D eigenvalue weighted by Crippen LogP contribution is 2.31. The Balaban J connectivity index is 0.00000450. The molecule has 1 fully saturated rings. The molecule has 2 rings (SSSR count). The van der Waals surface area contributed by atoms with Gasteiger partial charge in [-0.1, -0.05) is 26.0 Å². The molecule has 10 heteroatoms. The van der Waals surface area contributed by atoms with Crippen LogP contribution in [0.1, 0.15) is 27.2 Å². The fourth-order valence-corrected chi connectivity index (χ4v) is 3.08. The van der Waals surface area contributed by atoms with Gasteiger partial charge in [-0.15, -0.1) is 24.0 Å². The van der Waals surface area contributed by atoms with Gasteiger partial charge >= 0.3 is 6.61 Å². The Morgan fingerprint density at radius 3 is 2.70 bits per heavy atom. The first kappa shape index (κ1) is 26.2. The lowest BCUT2D eigenvalue weighted by Gasteiger charge is -2.22. The minimum Gasteiger partial charge on any atom is -0.433 e. The summed E-state index contributed by atoms with van der Waals surface area (Å²) in [4.78, 5) is 18.1. The molecule has 1 amide bonds. The van der Waals surface area contributed by atoms with Gasteiger partial charge in [0.2, 0.25) is 5.91 Å². The van der Waals surface area contributed by atoms with Gasteiger partial charge in [-0.2, -0.15) is 8.78 Å². The molecule has 0 aromatic heterocycles. The lowest BCUT2D eigenvalue weighted by Crippen LogP contribution is -2.45. The van der Waals surface area contributed by atoms with Crippen LogP contribution in [0.4, 0.5) is 14.5 Å². The van der Waals surface area contributed by atoms with Crippen LogP contribution in [0, 0.1) is 5.92 Å². The van der Waals surface area contributed by atoms with Gasteiger partial charge in [0.05, 0.1) is 12.2 Å². The molecule has 170 valence electrons. The second-order valence-corrected chi connectivity index (χ2v) is 7.13. The summed E-state index contributed by atoms with van der Waals surface area (Å²) in [5, 5.41) is 9.42. The summed E-state index contributed by atoms with van der Waals surface area (Å²) in [6, 6.07) is 6.96. The monoisotopic (exact) mass is 539 g/mol. The van der Waals surface area contributed by atoms with E-state index < -0.39 is 6.61 Å². The molecule has 7 nitrogen and oxygen atoms in total. The number of rotatable bonds is 9. The standard InChI is InChI=1S/C20H31F2N5O2.HI/c1-4-23-20(25-11-10-24-18(28)14(2)3)26-15-9-12-27(13-15)16-7-5-6-8-17(16)29-19(21)22;/h5-8,14-15,19H,4,9-13H2,1-3H3,(H,24,28)(H2,23,25,26);1H. The van der Waals surface area contributed by atoms with Crippen LogP contribution < -0.4 is 25.6 Å². The third-order valence-corrected chi connectivity index (χ3v) is 4.50. The fourth-order valence-electron chi connectivity index (χ4n) is 3.08. The molecule has 0 spiro atoms. The fraction of sp³-hybridized carbons (Fsp3) is 0.600. The topological polar surface area (TPSA) is 78.0 Å². The normalized spacial score (nSPS) is 16.4. The molecule has 0 aliphatic carbocycles. The number of ether oxygens (including phenoxy) is 1. The Morgan fingerprint density at radius 1 is 1.30 bits per heavy atom. The number of amides is 1. The van der Waals surface area contributed by atoms with Crippen molar-refractivity contribution in [2.45, 2.75) is 39.8 Å². The number of halogens is 3. The smallest absolute Gasteiger partial charge is 0.387 e. The second-order valence-electron chi connectivity index (χ2n) is 7.13. The van der Waals surface area contributed by atoms with Gasteiger partial charge in [-0.3, -0.25) is 9.79 Å². The first-order valence-electron chi connectivity index (χ1n) is 10.0. The van der Waals surface area contributed by atoms with Crippen molar-refractivity contribution in [2.24, 2.45) is 10.9 Å². The highest BCUT2D eigenvalue weighted by molar-refractivity contribution is 14.0. The molecule has 1 heterocycles. The van der Waals surface area contributed by atoms with E-state index in [9.17, 15) is 13.6 Å². The predicted octanol–water partition coefficient (Wildman–Crippen LogP) is 2.81. The lowest BCUT2D eigenvalue weighted by atomic mass is 10.2. The molecular weight excluding hydrogens is 507 g/mol. The molecule has 1 unspecified atom stereocenters. The molecule has 1 aliphatic heterocycles. The van der Waals surface area contributed by atoms with Crippen LogP contribution in [-0.4, -0.2) is 57.2 Å². The van der Waals surface area contributed by atoms with E-state index in [1.165, 1.54) is 0 Å². The predicted molar refractivity (Wildman–Crippen MR) is 126 cm³/mol. The number of benzene rings is 1. The number of hydrogen-bond donors (Lipinski definition) is 3. The zero-order valence-corrected chi connectivity index (χ0v) is 20.0. The Morgan fingerprint density at radius 2 is 2.03 bits per heavy atom. The van der Waals surface area contributed by atoms with Crippen LogP contribution in [0.15, 0.2) is 29.3 Å². The molecule has 0 bridgehead atoms. The first-order chi connectivity index (χ1) is 13.9. The van der Waals surface area contributed by atoms with Crippen LogP contribution in [0.2, 0.25) is 0 Å². The van der Waals surface area contributed by atoms with Gasteiger partial charge in [0, 0.05) is 38.1 Å². The SMILES string of the molecule is CCNC(=NCCNC(=O)C(C)C)NC1CCN(c2ccccc2OC(F)F)C1.I. The highest BCUT2D eigenvalue weighted by atomic mass is 127. The Labute approximate surface area is 194 Å². The van der Waals surface area contributed by atoms with Crippen molar-refractivity contribution in [3.8, 4) is 5.75 Å². The molecule has 0 saturated carbocycles. The number of anilines is 1. The second kappa shape index (κ2) is 13.5. The van der Waals surface area contributed by atoms with E-state index in [1.54, 1.807) is 18.2 Å². The summed E-state index contributed by atoms with van der Waals surface area (Å²) >= 11 is 0. The van der Waals surface area contributed by atoms with Crippen molar-refractivity contribution in [1.29, 1.82) is 0 Å². The van der Waals surface area contributed by atoms with E-state index in [0.717, 1.165) is 13.0 Å². The minimum absolute atomic E-state index is 0. The van der Waals surface area contributed by atoms with E-state index in [-0.39, 0.29) is 47.6 Å². The number of alkyl halides is 2. The molecule has 1 aliphatic rings. The largest absolute Gasteiger partial charge is 0.433 e. The maximum Gasteiger partial charge on any atom is 0.387 e. The molecule has 30 heavy (non-hydrogen) atoms. The Hall–Kier alpha value is -1.85. The van der Waals surface area contributed by atoms with Gasteiger partial charge in [-0.05, 0) is 25.5 Å². The summed E-state index contributed by atoms with van der Waals surface area (Å²) in [6.07, 6.45) is 0.845. The summed E-state index contributed by atoms with van der Waals surface area (Å²) in [5.41, 5.74) is 0.662. The van der Waals surface area contributed by atoms with Gasteiger partial charge in [0.25, 0.3) is 0 Å². The van der Waals surface area contributed by atoms with Crippen molar-refractivity contribution >= 4 is 41.5 Å².